The van der Waals surface area contributed by atoms with Gasteiger partial charge in [-0.1, -0.05) is 24.3 Å². The number of para-hydroxylation sites is 1. The number of aliphatic hydroxyl groups is 1. The zero-order valence-corrected chi connectivity index (χ0v) is 20.4. The maximum Gasteiger partial charge on any atom is 0.415 e. The van der Waals surface area contributed by atoms with E-state index in [9.17, 15) is 15.0 Å². The van der Waals surface area contributed by atoms with Crippen LogP contribution in [-0.4, -0.2) is 43.4 Å². The first-order valence-corrected chi connectivity index (χ1v) is 12.1. The van der Waals surface area contributed by atoms with Crippen molar-refractivity contribution in [1.82, 2.24) is 5.32 Å². The molecule has 184 valence electrons. The van der Waals surface area contributed by atoms with Crippen LogP contribution in [0.3, 0.4) is 0 Å². The van der Waals surface area contributed by atoms with Gasteiger partial charge in [0.1, 0.15) is 11.4 Å². The third kappa shape index (κ3) is 6.13. The molecule has 1 atom stereocenters. The van der Waals surface area contributed by atoms with Crippen molar-refractivity contribution in [2.24, 2.45) is 0 Å². The number of aliphatic hydroxyl groups excluding tert-OH is 1. The summed E-state index contributed by atoms with van der Waals surface area (Å²) in [7, 11) is -2.61. The summed E-state index contributed by atoms with van der Waals surface area (Å²) in [6, 6.07) is 13.1. The van der Waals surface area contributed by atoms with Gasteiger partial charge >= 0.3 is 16.6 Å². The van der Waals surface area contributed by atoms with Gasteiger partial charge in [-0.2, -0.15) is 13.2 Å². The highest BCUT2D eigenvalue weighted by Crippen LogP contribution is 2.55. The molecule has 0 radical (unpaired) electrons. The molecular formula is C24H31N3O6S. The van der Waals surface area contributed by atoms with Gasteiger partial charge in [0.05, 0.1) is 11.8 Å². The number of phenols is 1. The number of nitrogens with one attached hydrogen (secondary N) is 2. The van der Waals surface area contributed by atoms with Crippen molar-refractivity contribution in [3.05, 3.63) is 59.2 Å². The fourth-order valence-corrected chi connectivity index (χ4v) is 4.02. The molecule has 0 aromatic heterocycles. The number of hydrogen-bond donors (Lipinski definition) is 4. The summed E-state index contributed by atoms with van der Waals surface area (Å²) in [4.78, 5) is 14.4. The van der Waals surface area contributed by atoms with Crippen molar-refractivity contribution in [2.45, 2.75) is 57.3 Å². The second-order valence-corrected chi connectivity index (χ2v) is 9.81. The Morgan fingerprint density at radius 3 is 2.50 bits per heavy atom. The van der Waals surface area contributed by atoms with E-state index < -0.39 is 22.2 Å². The number of amides is 1. The van der Waals surface area contributed by atoms with Crippen LogP contribution in [0.2, 0.25) is 0 Å². The number of hydrogen-bond acceptors (Lipinski definition) is 8. The van der Waals surface area contributed by atoms with Crippen LogP contribution >= 0.6 is 0 Å². The minimum atomic E-state index is -2.61. The second-order valence-electron chi connectivity index (χ2n) is 9.34. The monoisotopic (exact) mass is 489 g/mol. The van der Waals surface area contributed by atoms with Crippen LogP contribution in [0.25, 0.3) is 0 Å². The second kappa shape index (κ2) is 10.1. The maximum atomic E-state index is 12.7. The Hall–Kier alpha value is -2.95. The van der Waals surface area contributed by atoms with Crippen molar-refractivity contribution in [3.63, 3.8) is 0 Å². The van der Waals surface area contributed by atoms with Gasteiger partial charge in [0, 0.05) is 24.2 Å². The van der Waals surface area contributed by atoms with E-state index in [1.165, 1.54) is 0 Å². The van der Waals surface area contributed by atoms with Crippen LogP contribution < -0.4 is 10.2 Å². The molecule has 34 heavy (non-hydrogen) atoms. The highest BCUT2D eigenvalue weighted by atomic mass is 32.2. The van der Waals surface area contributed by atoms with Crippen LogP contribution in [0.15, 0.2) is 42.5 Å². The van der Waals surface area contributed by atoms with Crippen molar-refractivity contribution in [3.8, 4) is 5.75 Å². The molecule has 1 aliphatic heterocycles. The van der Waals surface area contributed by atoms with E-state index >= 15 is 0 Å². The Morgan fingerprint density at radius 2 is 1.88 bits per heavy atom. The fraction of sp³-hybridized carbons (Fsp3) is 0.458. The zero-order chi connectivity index (χ0) is 25.1. The van der Waals surface area contributed by atoms with E-state index in [0.29, 0.717) is 19.5 Å². The molecule has 1 spiro atoms. The van der Waals surface area contributed by atoms with Crippen molar-refractivity contribution in [2.75, 3.05) is 18.0 Å². The standard InChI is InChI=1S/C24H30N2O4.HNO2S/c1-16-14-17(8-9-20(16)27)21(28)15-25-23(2,3)12-13-26-19-7-5-4-6-18(19)24(10-11-24)30-22(26)29;1-4(2)3/h4-9,14,21,25,27-28H,10-13,15H2,1-3H3;1H. The first-order valence-electron chi connectivity index (χ1n) is 11.1. The number of aryl methyl sites for hydroxylation is 1. The van der Waals surface area contributed by atoms with E-state index in [2.05, 4.69) is 25.2 Å². The molecule has 9 nitrogen and oxygen atoms in total. The molecule has 0 bridgehead atoms. The molecular weight excluding hydrogens is 458 g/mol. The largest absolute Gasteiger partial charge is 0.508 e. The lowest BCUT2D eigenvalue weighted by atomic mass is 9.97. The average molecular weight is 490 g/mol. The molecule has 1 unspecified atom stereocenters. The van der Waals surface area contributed by atoms with E-state index in [1.807, 2.05) is 25.1 Å². The average Bonchev–Trinajstić information content (AvgIpc) is 3.53. The van der Waals surface area contributed by atoms with Gasteiger partial charge in [-0.05, 0) is 69.4 Å². The number of carbonyl (C=O) groups is 1. The van der Waals surface area contributed by atoms with Gasteiger partial charge in [-0.25, -0.2) is 4.79 Å². The SMILES string of the molecule is Cc1cc(C(O)CNC(C)(C)CCN2C(=O)OC3(CC3)c3ccccc32)ccc1O.N=S(=O)=O. The highest BCUT2D eigenvalue weighted by Gasteiger charge is 2.54. The summed E-state index contributed by atoms with van der Waals surface area (Å²) in [6.45, 7) is 6.84. The van der Waals surface area contributed by atoms with Gasteiger partial charge in [-0.3, -0.25) is 4.90 Å². The molecule has 4 N–H and O–H groups in total. The number of benzene rings is 2. The number of ether oxygens (including phenoxy) is 1. The lowest BCUT2D eigenvalue weighted by Crippen LogP contribution is -2.47. The third-order valence-corrected chi connectivity index (χ3v) is 6.23. The summed E-state index contributed by atoms with van der Waals surface area (Å²) in [5.74, 6) is 0.223. The predicted octanol–water partition coefficient (Wildman–Crippen LogP) is 3.77. The molecule has 2 aliphatic rings. The molecule has 0 saturated heterocycles. The number of phenolic OH excluding ortho intramolecular Hbond substituents is 1. The van der Waals surface area contributed by atoms with Gasteiger partial charge in [-0.15, -0.1) is 0 Å². The summed E-state index contributed by atoms with van der Waals surface area (Å²) >= 11 is 0. The normalized spacial score (nSPS) is 16.7. The Balaban J connectivity index is 0.000000751. The minimum Gasteiger partial charge on any atom is -0.508 e. The van der Waals surface area contributed by atoms with Crippen LogP contribution in [0.1, 0.15) is 55.9 Å². The van der Waals surface area contributed by atoms with Gasteiger partial charge < -0.3 is 20.3 Å². The minimum absolute atomic E-state index is 0.223. The van der Waals surface area contributed by atoms with Gasteiger partial charge in [0.15, 0.2) is 0 Å². The number of anilines is 1. The number of aromatic hydroxyl groups is 1. The van der Waals surface area contributed by atoms with E-state index in [-0.39, 0.29) is 17.4 Å². The quantitative estimate of drug-likeness (QED) is 0.464. The van der Waals surface area contributed by atoms with Crippen LogP contribution in [0, 0.1) is 11.7 Å². The molecule has 1 aliphatic carbocycles. The van der Waals surface area contributed by atoms with Gasteiger partial charge in [0.25, 0.3) is 0 Å². The lowest BCUT2D eigenvalue weighted by Gasteiger charge is -2.36. The fourth-order valence-electron chi connectivity index (χ4n) is 4.02. The number of β-amino-alcohol motifs (C(OH)–C–C–N with tert-alkyl or cyclic N) is 1. The topological polar surface area (TPSA) is 140 Å². The summed E-state index contributed by atoms with van der Waals surface area (Å²) < 4.78 is 28.6. The molecule has 4 rings (SSSR count). The van der Waals surface area contributed by atoms with Crippen LogP contribution in [0.4, 0.5) is 10.5 Å². The Morgan fingerprint density at radius 1 is 1.24 bits per heavy atom. The Labute approximate surface area is 200 Å². The summed E-state index contributed by atoms with van der Waals surface area (Å²) in [5.41, 5.74) is 2.86. The molecule has 1 amide bonds. The Kier molecular flexibility index (Phi) is 7.64. The van der Waals surface area contributed by atoms with Crippen LogP contribution in [-0.2, 0) is 20.8 Å². The number of fused-ring (bicyclic) bond motifs is 2. The maximum absolute atomic E-state index is 12.7. The molecule has 1 fully saturated rings. The van der Waals surface area contributed by atoms with E-state index in [0.717, 1.165) is 35.2 Å². The number of carbonyl (C=O) groups excluding carboxylic acids is 1. The van der Waals surface area contributed by atoms with Crippen molar-refractivity contribution < 1.29 is 28.2 Å². The van der Waals surface area contributed by atoms with Crippen molar-refractivity contribution >= 4 is 22.3 Å². The molecule has 1 heterocycles. The molecule has 2 aromatic carbocycles. The summed E-state index contributed by atoms with van der Waals surface area (Å²) in [5, 5.41) is 23.6. The van der Waals surface area contributed by atoms with E-state index in [4.69, 9.17) is 17.9 Å². The van der Waals surface area contributed by atoms with Crippen LogP contribution in [0.5, 0.6) is 5.75 Å². The molecule has 1 saturated carbocycles. The van der Waals surface area contributed by atoms with E-state index in [1.54, 1.807) is 23.1 Å². The third-order valence-electron chi connectivity index (χ3n) is 6.23. The summed E-state index contributed by atoms with van der Waals surface area (Å²) in [6.07, 6.45) is 1.53. The first kappa shape index (κ1) is 25.7. The highest BCUT2D eigenvalue weighted by molar-refractivity contribution is 7.60. The smallest absolute Gasteiger partial charge is 0.415 e. The van der Waals surface area contributed by atoms with Crippen molar-refractivity contribution in [1.29, 1.82) is 4.78 Å². The predicted molar refractivity (Wildman–Crippen MR) is 127 cm³/mol. The number of nitrogens with zero attached hydrogens (tertiary/aromatic N) is 1. The zero-order valence-electron chi connectivity index (χ0n) is 19.5. The van der Waals surface area contributed by atoms with Gasteiger partial charge in [0.2, 0.25) is 0 Å². The molecule has 10 heteroatoms. The molecule has 2 aromatic rings. The Bertz CT molecular complexity index is 1160. The first-order chi connectivity index (χ1) is 15.9. The number of rotatable bonds is 7. The lowest BCUT2D eigenvalue weighted by molar-refractivity contribution is 0.0804.